The second-order valence-electron chi connectivity index (χ2n) is 8.61. The van der Waals surface area contributed by atoms with Crippen LogP contribution < -0.4 is 24.2 Å². The molecule has 1 heterocycles. The van der Waals surface area contributed by atoms with Crippen LogP contribution in [0.5, 0.6) is 23.3 Å². The summed E-state index contributed by atoms with van der Waals surface area (Å²) in [5.74, 6) is 1.33. The summed E-state index contributed by atoms with van der Waals surface area (Å²) in [6, 6.07) is 16.5. The molecule has 4 aromatic rings. The van der Waals surface area contributed by atoms with Crippen LogP contribution in [-0.2, 0) is 19.6 Å². The van der Waals surface area contributed by atoms with Gasteiger partial charge < -0.3 is 18.9 Å². The third kappa shape index (κ3) is 10.6. The fourth-order valence-corrected chi connectivity index (χ4v) is 5.14. The second-order valence-corrected chi connectivity index (χ2v) is 11.5. The van der Waals surface area contributed by atoms with E-state index < -0.39 is 28.1 Å². The molecule has 3 aromatic carbocycles. The van der Waals surface area contributed by atoms with Crippen LogP contribution in [0.2, 0.25) is 15.1 Å². The van der Waals surface area contributed by atoms with Crippen LogP contribution in [0.1, 0.15) is 12.7 Å². The number of nitrogens with one attached hydrogen (secondary N) is 2. The molecule has 2 N–H and O–H groups in total. The summed E-state index contributed by atoms with van der Waals surface area (Å²) < 4.78 is 46.6. The van der Waals surface area contributed by atoms with E-state index >= 15 is 0 Å². The zero-order valence-corrected chi connectivity index (χ0v) is 27.2. The zero-order chi connectivity index (χ0) is 33.1. The molecule has 0 fully saturated rings. The molecule has 0 bridgehead atoms. The van der Waals surface area contributed by atoms with Crippen LogP contribution in [-0.4, -0.2) is 55.7 Å². The number of esters is 1. The minimum atomic E-state index is -4.13. The molecular formula is C28H26Cl3N5O8S. The summed E-state index contributed by atoms with van der Waals surface area (Å²) >= 11 is 17.7. The van der Waals surface area contributed by atoms with Crippen molar-refractivity contribution < 1.29 is 37.0 Å². The van der Waals surface area contributed by atoms with Gasteiger partial charge in [-0.1, -0.05) is 46.9 Å². The van der Waals surface area contributed by atoms with Gasteiger partial charge in [-0.25, -0.2) is 22.7 Å². The van der Waals surface area contributed by atoms with Gasteiger partial charge in [0.15, 0.2) is 6.10 Å². The molecule has 1 atom stereocenters. The summed E-state index contributed by atoms with van der Waals surface area (Å²) in [5, 5.41) is 3.14. The number of halogens is 3. The molecule has 1 unspecified atom stereocenters. The summed E-state index contributed by atoms with van der Waals surface area (Å²) in [4.78, 5) is 34.4. The molecule has 0 aliphatic heterocycles. The van der Waals surface area contributed by atoms with Crippen molar-refractivity contribution >= 4 is 62.8 Å². The Morgan fingerprint density at radius 3 is 2.16 bits per heavy atom. The van der Waals surface area contributed by atoms with Gasteiger partial charge in [0.1, 0.15) is 28.0 Å². The van der Waals surface area contributed by atoms with Gasteiger partial charge in [0.2, 0.25) is 5.95 Å². The summed E-state index contributed by atoms with van der Waals surface area (Å²) in [6.45, 7) is 3.18. The molecule has 45 heavy (non-hydrogen) atoms. The van der Waals surface area contributed by atoms with Crippen LogP contribution in [0.15, 0.2) is 71.6 Å². The van der Waals surface area contributed by atoms with Crippen molar-refractivity contribution in [3.05, 3.63) is 87.6 Å². The Hall–Kier alpha value is -4.37. The van der Waals surface area contributed by atoms with E-state index in [1.807, 2.05) is 4.72 Å². The van der Waals surface area contributed by atoms with Gasteiger partial charge in [-0.15, -0.1) is 0 Å². The number of amides is 2. The van der Waals surface area contributed by atoms with Gasteiger partial charge in [0.05, 0.1) is 24.3 Å². The van der Waals surface area contributed by atoms with Gasteiger partial charge in [-0.05, 0) is 68.4 Å². The number of urea groups is 1. The number of carbonyl (C=O) groups is 2. The van der Waals surface area contributed by atoms with Crippen molar-refractivity contribution in [1.82, 2.24) is 19.7 Å². The first kappa shape index (κ1) is 35.1. The van der Waals surface area contributed by atoms with E-state index in [0.29, 0.717) is 33.1 Å². The van der Waals surface area contributed by atoms with Crippen molar-refractivity contribution in [1.29, 1.82) is 0 Å². The topological polar surface area (TPSA) is 168 Å². The largest absolute Gasteiger partial charge is 0.479 e. The number of methoxy groups -OCH3 is 2. The molecular weight excluding hydrogens is 673 g/mol. The Labute approximate surface area is 273 Å². The highest BCUT2D eigenvalue weighted by Crippen LogP contribution is 2.32. The van der Waals surface area contributed by atoms with Crippen LogP contribution in [0, 0.1) is 6.92 Å². The first-order valence-electron chi connectivity index (χ1n) is 12.6. The average molecular weight is 699 g/mol. The van der Waals surface area contributed by atoms with Crippen LogP contribution in [0.3, 0.4) is 0 Å². The Morgan fingerprint density at radius 2 is 1.53 bits per heavy atom. The molecule has 4 rings (SSSR count). The molecule has 238 valence electrons. The third-order valence-corrected chi connectivity index (χ3v) is 7.64. The maximum Gasteiger partial charge on any atom is 0.346 e. The van der Waals surface area contributed by atoms with Crippen molar-refractivity contribution in [3.8, 4) is 23.3 Å². The number of hydrogen-bond donors (Lipinski definition) is 2. The number of hydrogen-bond acceptors (Lipinski definition) is 11. The lowest BCUT2D eigenvalue weighted by molar-refractivity contribution is -0.147. The molecule has 0 saturated heterocycles. The molecule has 0 aliphatic rings. The number of nitrogens with zero attached hydrogens (tertiary/aromatic N) is 3. The Balaban J connectivity index is 0.000000246. The fourth-order valence-electron chi connectivity index (χ4n) is 3.26. The summed E-state index contributed by atoms with van der Waals surface area (Å²) in [6.07, 6.45) is -0.678. The van der Waals surface area contributed by atoms with Crippen molar-refractivity contribution in [2.45, 2.75) is 24.8 Å². The number of carbonyl (C=O) groups excluding carboxylic acids is 2. The first-order chi connectivity index (χ1) is 21.3. The van der Waals surface area contributed by atoms with E-state index in [0.717, 1.165) is 0 Å². The first-order valence-corrected chi connectivity index (χ1v) is 15.3. The quantitative estimate of drug-likeness (QED) is 0.194. The highest BCUT2D eigenvalue weighted by Gasteiger charge is 2.21. The fraction of sp³-hybridized carbons (Fsp3) is 0.179. The van der Waals surface area contributed by atoms with E-state index in [-0.39, 0.29) is 21.9 Å². The average Bonchev–Trinajstić information content (AvgIpc) is 2.98. The molecule has 1 aromatic heterocycles. The van der Waals surface area contributed by atoms with Gasteiger partial charge in [0.25, 0.3) is 10.0 Å². The third-order valence-electron chi connectivity index (χ3n) is 5.28. The van der Waals surface area contributed by atoms with E-state index in [4.69, 9.17) is 49.0 Å². The maximum absolute atomic E-state index is 12.1. The SMILES string of the molecule is COC(=O)C(C)Oc1ccc(Oc2ccc(Cl)cc2Cl)cc1.COc1nc(C)nc(NC(=O)NS(=O)(=O)c2ccccc2Cl)n1. The summed E-state index contributed by atoms with van der Waals surface area (Å²) in [7, 11) is -1.47. The van der Waals surface area contributed by atoms with E-state index in [1.54, 1.807) is 62.4 Å². The van der Waals surface area contributed by atoms with Crippen LogP contribution in [0.25, 0.3) is 0 Å². The van der Waals surface area contributed by atoms with E-state index in [2.05, 4.69) is 25.0 Å². The Kier molecular flexibility index (Phi) is 12.6. The van der Waals surface area contributed by atoms with Gasteiger partial charge in [0, 0.05) is 5.02 Å². The number of benzene rings is 3. The number of anilines is 1. The minimum Gasteiger partial charge on any atom is -0.479 e. The molecule has 13 nitrogen and oxygen atoms in total. The normalized spacial score (nSPS) is 11.3. The van der Waals surface area contributed by atoms with Crippen molar-refractivity contribution in [2.75, 3.05) is 19.5 Å². The van der Waals surface area contributed by atoms with Crippen molar-refractivity contribution in [3.63, 3.8) is 0 Å². The second kappa shape index (κ2) is 16.1. The van der Waals surface area contributed by atoms with Crippen molar-refractivity contribution in [2.24, 2.45) is 0 Å². The van der Waals surface area contributed by atoms with Crippen LogP contribution >= 0.6 is 34.8 Å². The number of ether oxygens (including phenoxy) is 4. The van der Waals surface area contributed by atoms with E-state index in [9.17, 15) is 18.0 Å². The maximum atomic E-state index is 12.1. The predicted octanol–water partition coefficient (Wildman–Crippen LogP) is 6.08. The number of aromatic nitrogens is 3. The number of aryl methyl sites for hydroxylation is 1. The monoisotopic (exact) mass is 697 g/mol. The minimum absolute atomic E-state index is 0.00882. The lowest BCUT2D eigenvalue weighted by Crippen LogP contribution is -2.35. The Morgan fingerprint density at radius 1 is 0.867 bits per heavy atom. The number of sulfonamides is 1. The lowest BCUT2D eigenvalue weighted by Gasteiger charge is -2.13. The Bertz CT molecular complexity index is 1760. The lowest BCUT2D eigenvalue weighted by atomic mass is 10.3. The molecule has 0 saturated carbocycles. The van der Waals surface area contributed by atoms with Crippen LogP contribution in [0.4, 0.5) is 10.7 Å². The molecule has 2 amide bonds. The smallest absolute Gasteiger partial charge is 0.346 e. The molecule has 0 radical (unpaired) electrons. The van der Waals surface area contributed by atoms with Gasteiger partial charge >= 0.3 is 18.0 Å². The van der Waals surface area contributed by atoms with Gasteiger partial charge in [-0.2, -0.15) is 15.0 Å². The van der Waals surface area contributed by atoms with E-state index in [1.165, 1.54) is 32.4 Å². The zero-order valence-electron chi connectivity index (χ0n) is 24.1. The summed E-state index contributed by atoms with van der Waals surface area (Å²) in [5.41, 5.74) is 0. The number of rotatable bonds is 9. The predicted molar refractivity (Wildman–Crippen MR) is 167 cm³/mol. The highest BCUT2D eigenvalue weighted by atomic mass is 35.5. The van der Waals surface area contributed by atoms with Gasteiger partial charge in [-0.3, -0.25) is 5.32 Å². The molecule has 17 heteroatoms. The highest BCUT2D eigenvalue weighted by molar-refractivity contribution is 7.90. The molecule has 0 aliphatic carbocycles. The molecule has 0 spiro atoms. The standard InChI is InChI=1S/C16H14Cl2O4.C12H12ClN5O4S/c1-10(16(19)20-2)21-12-4-6-13(7-5-12)22-15-8-3-11(17)9-14(15)18;1-7-14-10(17-12(15-7)22-2)16-11(19)18-23(20,21)9-6-4-3-5-8(9)13/h3-10H,1-2H3;3-6H,1-2H3,(H2,14,15,16,17,18,19).